The summed E-state index contributed by atoms with van der Waals surface area (Å²) in [5.41, 5.74) is 4.86. The number of nitrogens with zero attached hydrogens (tertiary/aromatic N) is 3. The zero-order valence-corrected chi connectivity index (χ0v) is 21.5. The third-order valence-corrected chi connectivity index (χ3v) is 6.97. The van der Waals surface area contributed by atoms with Crippen LogP contribution in [0.1, 0.15) is 29.0 Å². The fourth-order valence-corrected chi connectivity index (χ4v) is 5.17. The maximum Gasteiger partial charge on any atom is 0.174 e. The highest BCUT2D eigenvalue weighted by atomic mass is 32.1. The van der Waals surface area contributed by atoms with Gasteiger partial charge in [-0.05, 0) is 104 Å². The van der Waals surface area contributed by atoms with Gasteiger partial charge >= 0.3 is 0 Å². The number of pyridine rings is 1. The molecule has 0 saturated carbocycles. The summed E-state index contributed by atoms with van der Waals surface area (Å²) in [5.74, 6) is 1.25. The van der Waals surface area contributed by atoms with Gasteiger partial charge in [0.1, 0.15) is 23.4 Å². The van der Waals surface area contributed by atoms with Crippen molar-refractivity contribution in [2.24, 2.45) is 0 Å². The summed E-state index contributed by atoms with van der Waals surface area (Å²) in [6, 6.07) is 31.9. The van der Waals surface area contributed by atoms with Crippen molar-refractivity contribution >= 4 is 23.0 Å². The monoisotopic (exact) mass is 520 g/mol. The number of nitrogens with one attached hydrogen (secondary N) is 1. The largest absolute Gasteiger partial charge is 0.457 e. The lowest BCUT2D eigenvalue weighted by atomic mass is 10.0. The molecular weight excluding hydrogens is 495 g/mol. The van der Waals surface area contributed by atoms with Gasteiger partial charge in [-0.25, -0.2) is 4.39 Å². The molecule has 38 heavy (non-hydrogen) atoms. The van der Waals surface area contributed by atoms with Crippen molar-refractivity contribution in [2.75, 3.05) is 4.90 Å². The number of aromatic nitrogens is 2. The smallest absolute Gasteiger partial charge is 0.174 e. The summed E-state index contributed by atoms with van der Waals surface area (Å²) >= 11 is 5.87. The Morgan fingerprint density at radius 1 is 0.816 bits per heavy atom. The summed E-state index contributed by atoms with van der Waals surface area (Å²) in [4.78, 5) is 6.75. The van der Waals surface area contributed by atoms with E-state index in [0.29, 0.717) is 5.11 Å². The van der Waals surface area contributed by atoms with E-state index in [4.69, 9.17) is 17.0 Å². The first-order valence-electron chi connectivity index (χ1n) is 12.4. The van der Waals surface area contributed by atoms with Gasteiger partial charge in [-0.3, -0.25) is 4.98 Å². The van der Waals surface area contributed by atoms with E-state index >= 15 is 0 Å². The minimum Gasteiger partial charge on any atom is -0.457 e. The van der Waals surface area contributed by atoms with Crippen molar-refractivity contribution in [1.82, 2.24) is 14.9 Å². The van der Waals surface area contributed by atoms with Gasteiger partial charge in [0, 0.05) is 29.5 Å². The summed E-state index contributed by atoms with van der Waals surface area (Å²) in [7, 11) is 0. The first kappa shape index (κ1) is 23.9. The van der Waals surface area contributed by atoms with Crippen LogP contribution in [-0.2, 0) is 0 Å². The van der Waals surface area contributed by atoms with Crippen molar-refractivity contribution in [1.29, 1.82) is 0 Å². The number of hydrogen-bond acceptors (Lipinski definition) is 3. The first-order chi connectivity index (χ1) is 18.6. The topological polar surface area (TPSA) is 42.3 Å². The Bertz CT molecular complexity index is 1550. The van der Waals surface area contributed by atoms with E-state index in [1.807, 2.05) is 85.9 Å². The number of benzene rings is 3. The zero-order chi connectivity index (χ0) is 26.1. The molecule has 6 rings (SSSR count). The SMILES string of the molecule is Cc1ccc(Oc2ccc(N3C(=S)N[C@H](c4ccccn4)[C@@H]3c3cccn3-c3ccc(F)cc3)cc2)cc1. The quantitative estimate of drug-likeness (QED) is 0.238. The summed E-state index contributed by atoms with van der Waals surface area (Å²) in [6.07, 6.45) is 3.77. The predicted molar refractivity (Wildman–Crippen MR) is 151 cm³/mol. The Kier molecular flexibility index (Phi) is 6.35. The minimum atomic E-state index is -0.271. The van der Waals surface area contributed by atoms with Crippen molar-refractivity contribution in [3.05, 3.63) is 138 Å². The van der Waals surface area contributed by atoms with Crippen molar-refractivity contribution in [2.45, 2.75) is 19.0 Å². The van der Waals surface area contributed by atoms with Gasteiger partial charge in [0.2, 0.25) is 0 Å². The van der Waals surface area contributed by atoms with Gasteiger partial charge in [-0.15, -0.1) is 0 Å². The molecule has 1 saturated heterocycles. The van der Waals surface area contributed by atoms with Crippen LogP contribution in [0.4, 0.5) is 10.1 Å². The Hall–Kier alpha value is -4.49. The molecule has 5 aromatic rings. The van der Waals surface area contributed by atoms with Crippen LogP contribution in [0, 0.1) is 12.7 Å². The van der Waals surface area contributed by atoms with E-state index in [2.05, 4.69) is 25.8 Å². The van der Waals surface area contributed by atoms with E-state index in [1.165, 1.54) is 17.7 Å². The van der Waals surface area contributed by atoms with Crippen LogP contribution in [0.5, 0.6) is 11.5 Å². The lowest BCUT2D eigenvalue weighted by Gasteiger charge is -2.29. The molecule has 3 aromatic carbocycles. The van der Waals surface area contributed by atoms with Gasteiger partial charge in [0.05, 0.1) is 11.7 Å². The summed E-state index contributed by atoms with van der Waals surface area (Å²) < 4.78 is 21.8. The van der Waals surface area contributed by atoms with Crippen LogP contribution < -0.4 is 15.0 Å². The second-order valence-electron chi connectivity index (χ2n) is 9.19. The van der Waals surface area contributed by atoms with E-state index in [9.17, 15) is 4.39 Å². The molecule has 0 radical (unpaired) electrons. The van der Waals surface area contributed by atoms with Gasteiger partial charge in [-0.2, -0.15) is 0 Å². The maximum atomic E-state index is 13.7. The number of rotatable bonds is 6. The predicted octanol–water partition coefficient (Wildman–Crippen LogP) is 7.29. The Morgan fingerprint density at radius 3 is 2.18 bits per heavy atom. The fourth-order valence-electron chi connectivity index (χ4n) is 4.82. The fraction of sp³-hybridized carbons (Fsp3) is 0.0968. The third-order valence-electron chi connectivity index (χ3n) is 6.66. The minimum absolute atomic E-state index is 0.193. The molecule has 0 bridgehead atoms. The second-order valence-corrected chi connectivity index (χ2v) is 9.57. The van der Waals surface area contributed by atoms with Gasteiger partial charge in [-0.1, -0.05) is 23.8 Å². The highest BCUT2D eigenvalue weighted by Crippen LogP contribution is 2.42. The standard InChI is InChI=1S/C31H25FN4OS/c1-21-7-15-25(16-8-21)37-26-17-13-24(14-18-26)36-30(29(34-31(36)38)27-5-2-3-19-33-27)28-6-4-20-35(28)23-11-9-22(32)10-12-23/h2-20,29-30H,1H3,(H,34,38)/t29-,30+/m1/s1. The second kappa shape index (κ2) is 10.1. The molecule has 2 atom stereocenters. The molecule has 0 aliphatic carbocycles. The van der Waals surface area contributed by atoms with Gasteiger partial charge in [0.25, 0.3) is 0 Å². The molecule has 0 spiro atoms. The molecule has 1 aliphatic rings. The lowest BCUT2D eigenvalue weighted by molar-refractivity contribution is 0.482. The number of anilines is 1. The van der Waals surface area contributed by atoms with E-state index in [0.717, 1.165) is 34.3 Å². The third kappa shape index (κ3) is 4.64. The molecule has 5 nitrogen and oxygen atoms in total. The molecule has 7 heteroatoms. The summed E-state index contributed by atoms with van der Waals surface area (Å²) in [5, 5.41) is 4.10. The van der Waals surface area contributed by atoms with Crippen LogP contribution in [0.2, 0.25) is 0 Å². The molecule has 1 aliphatic heterocycles. The summed E-state index contributed by atoms with van der Waals surface area (Å²) in [6.45, 7) is 2.05. The molecule has 0 amide bonds. The van der Waals surface area contributed by atoms with Crippen molar-refractivity contribution in [3.63, 3.8) is 0 Å². The van der Waals surface area contributed by atoms with Crippen LogP contribution >= 0.6 is 12.2 Å². The first-order valence-corrected chi connectivity index (χ1v) is 12.8. The normalized spacial score (nSPS) is 16.9. The van der Waals surface area contributed by atoms with E-state index < -0.39 is 0 Å². The van der Waals surface area contributed by atoms with Crippen molar-refractivity contribution < 1.29 is 9.13 Å². The Morgan fingerprint density at radius 2 is 1.50 bits per heavy atom. The number of thiocarbonyl (C=S) groups is 1. The van der Waals surface area contributed by atoms with Gasteiger partial charge in [0.15, 0.2) is 5.11 Å². The van der Waals surface area contributed by atoms with Gasteiger partial charge < -0.3 is 19.5 Å². The van der Waals surface area contributed by atoms with Crippen LogP contribution in [0.15, 0.2) is 116 Å². The van der Waals surface area contributed by atoms with Crippen LogP contribution in [0.25, 0.3) is 5.69 Å². The molecule has 1 fully saturated rings. The average Bonchev–Trinajstić information content (AvgIpc) is 3.56. The lowest BCUT2D eigenvalue weighted by Crippen LogP contribution is -2.30. The Balaban J connectivity index is 1.38. The highest BCUT2D eigenvalue weighted by Gasteiger charge is 2.42. The molecule has 188 valence electrons. The van der Waals surface area contributed by atoms with Crippen molar-refractivity contribution in [3.8, 4) is 17.2 Å². The number of ether oxygens (including phenoxy) is 1. The number of aryl methyl sites for hydroxylation is 1. The maximum absolute atomic E-state index is 13.7. The highest BCUT2D eigenvalue weighted by molar-refractivity contribution is 7.80. The molecule has 0 unspecified atom stereocenters. The Labute approximate surface area is 226 Å². The van der Waals surface area contributed by atoms with E-state index in [-0.39, 0.29) is 17.9 Å². The molecule has 2 aromatic heterocycles. The number of hydrogen-bond donors (Lipinski definition) is 1. The van der Waals surface area contributed by atoms with E-state index in [1.54, 1.807) is 18.3 Å². The molecular formula is C31H25FN4OS. The number of halogens is 1. The molecule has 1 N–H and O–H groups in total. The van der Waals surface area contributed by atoms with Crippen LogP contribution in [0.3, 0.4) is 0 Å². The zero-order valence-electron chi connectivity index (χ0n) is 20.7. The van der Waals surface area contributed by atoms with Crippen LogP contribution in [-0.4, -0.2) is 14.7 Å². The average molecular weight is 521 g/mol. The molecule has 3 heterocycles.